The maximum absolute atomic E-state index is 10.9. The molecular formula is C9H9Br2NO2. The summed E-state index contributed by atoms with van der Waals surface area (Å²) in [6.07, 6.45) is 0. The van der Waals surface area contributed by atoms with E-state index in [-0.39, 0.29) is 12.5 Å². The Kier molecular flexibility index (Phi) is 4.10. The average Bonchev–Trinajstić information content (AvgIpc) is 2.08. The Morgan fingerprint density at radius 1 is 1.50 bits per heavy atom. The highest BCUT2D eigenvalue weighted by molar-refractivity contribution is 9.11. The van der Waals surface area contributed by atoms with E-state index in [4.69, 9.17) is 5.11 Å². The fourth-order valence-corrected chi connectivity index (χ4v) is 2.48. The average molecular weight is 323 g/mol. The molecule has 0 saturated carbocycles. The highest BCUT2D eigenvalue weighted by Gasteiger charge is 2.08. The van der Waals surface area contributed by atoms with Crippen molar-refractivity contribution in [3.05, 3.63) is 26.6 Å². The third-order valence-corrected chi connectivity index (χ3v) is 2.69. The first-order valence-electron chi connectivity index (χ1n) is 3.91. The molecule has 0 aromatic heterocycles. The minimum absolute atomic E-state index is 0.117. The van der Waals surface area contributed by atoms with Gasteiger partial charge in [0.2, 0.25) is 5.91 Å². The lowest BCUT2D eigenvalue weighted by atomic mass is 10.2. The number of rotatable bonds is 2. The summed E-state index contributed by atoms with van der Waals surface area (Å²) >= 11 is 6.61. The van der Waals surface area contributed by atoms with Crippen LogP contribution in [-0.2, 0) is 11.4 Å². The van der Waals surface area contributed by atoms with Crippen molar-refractivity contribution in [2.75, 3.05) is 5.32 Å². The van der Waals surface area contributed by atoms with Crippen LogP contribution in [0.25, 0.3) is 0 Å². The summed E-state index contributed by atoms with van der Waals surface area (Å²) in [5.41, 5.74) is 1.28. The third-order valence-electron chi connectivity index (χ3n) is 1.61. The molecule has 0 spiro atoms. The molecule has 5 heteroatoms. The Bertz CT molecular complexity index is 366. The number of aliphatic hydroxyl groups is 1. The van der Waals surface area contributed by atoms with Crippen LogP contribution in [0.2, 0.25) is 0 Å². The van der Waals surface area contributed by atoms with E-state index in [0.717, 1.165) is 8.95 Å². The van der Waals surface area contributed by atoms with Gasteiger partial charge < -0.3 is 10.4 Å². The Hall–Kier alpha value is -0.390. The lowest BCUT2D eigenvalue weighted by Gasteiger charge is -2.10. The number of hydrogen-bond acceptors (Lipinski definition) is 2. The van der Waals surface area contributed by atoms with Crippen molar-refractivity contribution in [3.63, 3.8) is 0 Å². The van der Waals surface area contributed by atoms with E-state index in [1.54, 1.807) is 6.07 Å². The molecule has 1 aromatic carbocycles. The minimum Gasteiger partial charge on any atom is -0.392 e. The number of halogens is 2. The van der Waals surface area contributed by atoms with Crippen molar-refractivity contribution in [2.24, 2.45) is 0 Å². The van der Waals surface area contributed by atoms with Gasteiger partial charge in [-0.2, -0.15) is 0 Å². The zero-order valence-corrected chi connectivity index (χ0v) is 10.6. The minimum atomic E-state index is -0.164. The topological polar surface area (TPSA) is 49.3 Å². The quantitative estimate of drug-likeness (QED) is 0.879. The molecule has 76 valence electrons. The number of hydrogen-bond donors (Lipinski definition) is 2. The highest BCUT2D eigenvalue weighted by Crippen LogP contribution is 2.30. The Labute approximate surface area is 98.8 Å². The first-order valence-corrected chi connectivity index (χ1v) is 5.49. The number of benzene rings is 1. The van der Waals surface area contributed by atoms with E-state index in [2.05, 4.69) is 37.2 Å². The molecule has 0 radical (unpaired) electrons. The molecule has 2 N–H and O–H groups in total. The second-order valence-electron chi connectivity index (χ2n) is 2.76. The molecule has 1 rings (SSSR count). The van der Waals surface area contributed by atoms with Gasteiger partial charge in [0.15, 0.2) is 0 Å². The summed E-state index contributed by atoms with van der Waals surface area (Å²) in [5, 5.41) is 11.7. The van der Waals surface area contributed by atoms with E-state index in [1.165, 1.54) is 6.92 Å². The standard InChI is InChI=1S/C9H9Br2NO2/c1-5(14)12-9-6(4-13)2-7(10)3-8(9)11/h2-3,13H,4H2,1H3,(H,12,14). The molecule has 1 aromatic rings. The van der Waals surface area contributed by atoms with Gasteiger partial charge >= 0.3 is 0 Å². The summed E-state index contributed by atoms with van der Waals surface area (Å²) in [7, 11) is 0. The van der Waals surface area contributed by atoms with Gasteiger partial charge in [-0.15, -0.1) is 0 Å². The van der Waals surface area contributed by atoms with Crippen molar-refractivity contribution in [3.8, 4) is 0 Å². The van der Waals surface area contributed by atoms with Gasteiger partial charge in [0.05, 0.1) is 12.3 Å². The van der Waals surface area contributed by atoms with E-state index in [0.29, 0.717) is 11.3 Å². The summed E-state index contributed by atoms with van der Waals surface area (Å²) < 4.78 is 1.59. The summed E-state index contributed by atoms with van der Waals surface area (Å²) in [6.45, 7) is 1.31. The number of amides is 1. The van der Waals surface area contributed by atoms with Crippen LogP contribution in [0, 0.1) is 0 Å². The number of nitrogens with one attached hydrogen (secondary N) is 1. The number of aliphatic hydroxyl groups excluding tert-OH is 1. The summed E-state index contributed by atoms with van der Waals surface area (Å²) in [5.74, 6) is -0.164. The first kappa shape index (κ1) is 11.7. The van der Waals surface area contributed by atoms with Gasteiger partial charge in [0, 0.05) is 21.4 Å². The monoisotopic (exact) mass is 321 g/mol. The van der Waals surface area contributed by atoms with Crippen molar-refractivity contribution < 1.29 is 9.90 Å². The molecule has 0 atom stereocenters. The van der Waals surface area contributed by atoms with Crippen LogP contribution in [0.1, 0.15) is 12.5 Å². The van der Waals surface area contributed by atoms with Crippen molar-refractivity contribution in [1.29, 1.82) is 0 Å². The van der Waals surface area contributed by atoms with Crippen LogP contribution >= 0.6 is 31.9 Å². The molecule has 0 saturated heterocycles. The third kappa shape index (κ3) is 2.80. The van der Waals surface area contributed by atoms with Crippen LogP contribution in [0.15, 0.2) is 21.1 Å². The molecule has 3 nitrogen and oxygen atoms in total. The number of anilines is 1. The predicted octanol–water partition coefficient (Wildman–Crippen LogP) is 2.66. The van der Waals surface area contributed by atoms with Crippen molar-refractivity contribution >= 4 is 43.5 Å². The number of carbonyl (C=O) groups excluding carboxylic acids is 1. The molecular weight excluding hydrogens is 314 g/mol. The summed E-state index contributed by atoms with van der Waals surface area (Å²) in [6, 6.07) is 3.57. The maximum atomic E-state index is 10.9. The number of carbonyl (C=O) groups is 1. The second-order valence-corrected chi connectivity index (χ2v) is 4.53. The normalized spacial score (nSPS) is 10.0. The highest BCUT2D eigenvalue weighted by atomic mass is 79.9. The molecule has 14 heavy (non-hydrogen) atoms. The largest absolute Gasteiger partial charge is 0.392 e. The van der Waals surface area contributed by atoms with Gasteiger partial charge in [0.1, 0.15) is 0 Å². The molecule has 0 unspecified atom stereocenters. The maximum Gasteiger partial charge on any atom is 0.221 e. The molecule has 1 amide bonds. The molecule has 0 aliphatic carbocycles. The van der Waals surface area contributed by atoms with Crippen LogP contribution in [0.4, 0.5) is 5.69 Å². The Morgan fingerprint density at radius 2 is 2.14 bits per heavy atom. The summed E-state index contributed by atoms with van der Waals surface area (Å²) in [4.78, 5) is 10.9. The van der Waals surface area contributed by atoms with E-state index in [1.807, 2.05) is 6.07 Å². The molecule has 0 fully saturated rings. The van der Waals surface area contributed by atoms with Gasteiger partial charge in [0.25, 0.3) is 0 Å². The van der Waals surface area contributed by atoms with Gasteiger partial charge in [-0.05, 0) is 28.1 Å². The predicted molar refractivity (Wildman–Crippen MR) is 62.1 cm³/mol. The van der Waals surface area contributed by atoms with E-state index < -0.39 is 0 Å². The zero-order chi connectivity index (χ0) is 10.7. The van der Waals surface area contributed by atoms with Gasteiger partial charge in [-0.3, -0.25) is 4.79 Å². The first-order chi connectivity index (χ1) is 6.54. The fraction of sp³-hybridized carbons (Fsp3) is 0.222. The van der Waals surface area contributed by atoms with Crippen LogP contribution in [0.3, 0.4) is 0 Å². The lowest BCUT2D eigenvalue weighted by molar-refractivity contribution is -0.114. The van der Waals surface area contributed by atoms with E-state index >= 15 is 0 Å². The molecule has 0 aliphatic rings. The zero-order valence-electron chi connectivity index (χ0n) is 7.47. The van der Waals surface area contributed by atoms with Crippen LogP contribution in [0.5, 0.6) is 0 Å². The SMILES string of the molecule is CC(=O)Nc1c(Br)cc(Br)cc1CO. The fourth-order valence-electron chi connectivity index (χ4n) is 1.07. The molecule has 0 bridgehead atoms. The Balaban J connectivity index is 3.18. The Morgan fingerprint density at radius 3 is 2.64 bits per heavy atom. The second kappa shape index (κ2) is 4.91. The van der Waals surface area contributed by atoms with Crippen molar-refractivity contribution in [1.82, 2.24) is 0 Å². The smallest absolute Gasteiger partial charge is 0.221 e. The lowest BCUT2D eigenvalue weighted by Crippen LogP contribution is -2.09. The van der Waals surface area contributed by atoms with E-state index in [9.17, 15) is 4.79 Å². The molecule has 0 heterocycles. The van der Waals surface area contributed by atoms with Crippen molar-refractivity contribution in [2.45, 2.75) is 13.5 Å². The van der Waals surface area contributed by atoms with Gasteiger partial charge in [-0.25, -0.2) is 0 Å². The molecule has 0 aliphatic heterocycles. The van der Waals surface area contributed by atoms with Gasteiger partial charge in [-0.1, -0.05) is 15.9 Å². The van der Waals surface area contributed by atoms with Crippen LogP contribution in [-0.4, -0.2) is 11.0 Å². The van der Waals surface area contributed by atoms with Crippen LogP contribution < -0.4 is 5.32 Å².